The predicted molar refractivity (Wildman–Crippen MR) is 101 cm³/mol. The lowest BCUT2D eigenvalue weighted by Gasteiger charge is -2.44. The second kappa shape index (κ2) is 7.98. The van der Waals surface area contributed by atoms with Gasteiger partial charge in [-0.3, -0.25) is 14.3 Å². The van der Waals surface area contributed by atoms with Gasteiger partial charge >= 0.3 is 0 Å². The summed E-state index contributed by atoms with van der Waals surface area (Å²) in [6.07, 6.45) is 13.4. The molecule has 7 heteroatoms. The third-order valence-electron chi connectivity index (χ3n) is 6.74. The molecule has 0 radical (unpaired) electrons. The summed E-state index contributed by atoms with van der Waals surface area (Å²) in [6, 6.07) is 0.441. The zero-order valence-corrected chi connectivity index (χ0v) is 16.2. The fourth-order valence-electron chi connectivity index (χ4n) is 5.20. The highest BCUT2D eigenvalue weighted by atomic mass is 16.2. The largest absolute Gasteiger partial charge is 0.342 e. The Kier molecular flexibility index (Phi) is 5.45. The first-order valence-electron chi connectivity index (χ1n) is 10.6. The molecule has 1 spiro atoms. The number of rotatable bonds is 5. The van der Waals surface area contributed by atoms with Crippen LogP contribution in [-0.2, 0) is 16.1 Å². The Bertz CT molecular complexity index is 655. The van der Waals surface area contributed by atoms with Crippen LogP contribution in [0.5, 0.6) is 0 Å². The zero-order chi connectivity index (χ0) is 18.7. The molecule has 0 unspecified atom stereocenters. The molecule has 3 fully saturated rings. The van der Waals surface area contributed by atoms with Gasteiger partial charge in [0, 0.05) is 38.6 Å². The maximum absolute atomic E-state index is 13.4. The summed E-state index contributed by atoms with van der Waals surface area (Å²) in [5.74, 6) is 0.508. The lowest BCUT2D eigenvalue weighted by Crippen LogP contribution is -2.54. The van der Waals surface area contributed by atoms with Gasteiger partial charge in [0.1, 0.15) is 12.7 Å². The Morgan fingerprint density at radius 1 is 1.15 bits per heavy atom. The summed E-state index contributed by atoms with van der Waals surface area (Å²) >= 11 is 0. The summed E-state index contributed by atoms with van der Waals surface area (Å²) < 4.78 is 1.76. The number of carbonyl (C=O) groups excluding carboxylic acids is 2. The number of nitrogens with zero attached hydrogens (tertiary/aromatic N) is 5. The van der Waals surface area contributed by atoms with Crippen LogP contribution in [0.4, 0.5) is 0 Å². The van der Waals surface area contributed by atoms with E-state index in [1.807, 2.05) is 4.90 Å². The molecule has 2 aliphatic heterocycles. The van der Waals surface area contributed by atoms with Gasteiger partial charge in [-0.15, -0.1) is 0 Å². The standard InChI is InChI=1S/C20H31N5O2/c26-18(8-4-11-24-16-21-15-22-24)23-13-10-20(14-23)9-5-12-25(19(20)27)17-6-2-1-3-7-17/h15-17H,1-14H2/t20-/m1/s1. The Balaban J connectivity index is 1.32. The first kappa shape index (κ1) is 18.4. The molecule has 3 heterocycles. The van der Waals surface area contributed by atoms with Crippen LogP contribution in [0.25, 0.3) is 0 Å². The number of aryl methyl sites for hydroxylation is 1. The molecular weight excluding hydrogens is 342 g/mol. The van der Waals surface area contributed by atoms with Crippen molar-refractivity contribution >= 4 is 11.8 Å². The number of hydrogen-bond donors (Lipinski definition) is 0. The molecule has 1 saturated carbocycles. The number of piperidine rings is 1. The highest BCUT2D eigenvalue weighted by Gasteiger charge is 2.50. The highest BCUT2D eigenvalue weighted by Crippen LogP contribution is 2.42. The number of carbonyl (C=O) groups is 2. The summed E-state index contributed by atoms with van der Waals surface area (Å²) in [5, 5.41) is 4.07. The van der Waals surface area contributed by atoms with E-state index in [2.05, 4.69) is 15.0 Å². The van der Waals surface area contributed by atoms with Crippen LogP contribution in [-0.4, -0.2) is 62.1 Å². The van der Waals surface area contributed by atoms with Crippen LogP contribution >= 0.6 is 0 Å². The number of likely N-dealkylation sites (tertiary alicyclic amines) is 2. The maximum atomic E-state index is 13.4. The summed E-state index contributed by atoms with van der Waals surface area (Å²) in [4.78, 5) is 34.0. The molecule has 27 heavy (non-hydrogen) atoms. The first-order chi connectivity index (χ1) is 13.2. The van der Waals surface area contributed by atoms with Crippen molar-refractivity contribution in [3.05, 3.63) is 12.7 Å². The van der Waals surface area contributed by atoms with Crippen LogP contribution in [0.2, 0.25) is 0 Å². The van der Waals surface area contributed by atoms with Crippen LogP contribution in [0.3, 0.4) is 0 Å². The van der Waals surface area contributed by atoms with Crippen molar-refractivity contribution in [2.45, 2.75) is 76.8 Å². The zero-order valence-electron chi connectivity index (χ0n) is 16.2. The SMILES string of the molecule is O=C(CCCn1cncn1)N1CC[C@]2(CCCN(C3CCCCC3)C2=O)C1. The molecule has 1 aromatic rings. The Morgan fingerprint density at radius 2 is 2.00 bits per heavy atom. The van der Waals surface area contributed by atoms with Crippen molar-refractivity contribution < 1.29 is 9.59 Å². The van der Waals surface area contributed by atoms with Crippen LogP contribution in [0.1, 0.15) is 64.2 Å². The molecule has 3 aliphatic rings. The van der Waals surface area contributed by atoms with Gasteiger partial charge in [0.05, 0.1) is 5.41 Å². The molecule has 2 amide bonds. The minimum absolute atomic E-state index is 0.176. The second-order valence-corrected chi connectivity index (χ2v) is 8.50. The maximum Gasteiger partial charge on any atom is 0.230 e. The van der Waals surface area contributed by atoms with Crippen molar-refractivity contribution in [1.29, 1.82) is 0 Å². The molecule has 4 rings (SSSR count). The van der Waals surface area contributed by atoms with Crippen molar-refractivity contribution in [1.82, 2.24) is 24.6 Å². The lowest BCUT2D eigenvalue weighted by molar-refractivity contribution is -0.149. The molecule has 148 valence electrons. The monoisotopic (exact) mass is 373 g/mol. The molecule has 1 aromatic heterocycles. The van der Waals surface area contributed by atoms with E-state index >= 15 is 0 Å². The molecule has 7 nitrogen and oxygen atoms in total. The minimum atomic E-state index is -0.308. The van der Waals surface area contributed by atoms with E-state index in [1.165, 1.54) is 25.6 Å². The number of hydrogen-bond acceptors (Lipinski definition) is 4. The quantitative estimate of drug-likeness (QED) is 0.793. The van der Waals surface area contributed by atoms with Crippen molar-refractivity contribution in [2.24, 2.45) is 5.41 Å². The molecule has 2 saturated heterocycles. The summed E-state index contributed by atoms with van der Waals surface area (Å²) in [5.41, 5.74) is -0.308. The molecule has 0 aromatic carbocycles. The van der Waals surface area contributed by atoms with Crippen LogP contribution in [0, 0.1) is 5.41 Å². The van der Waals surface area contributed by atoms with Gasteiger partial charge < -0.3 is 9.80 Å². The number of aromatic nitrogens is 3. The van der Waals surface area contributed by atoms with E-state index in [9.17, 15) is 9.59 Å². The fourth-order valence-corrected chi connectivity index (χ4v) is 5.20. The Labute approximate surface area is 161 Å². The van der Waals surface area contributed by atoms with Gasteiger partial charge in [-0.1, -0.05) is 19.3 Å². The Hall–Kier alpha value is -1.92. The third kappa shape index (κ3) is 3.87. The molecular formula is C20H31N5O2. The normalized spacial score (nSPS) is 26.9. The average molecular weight is 374 g/mol. The summed E-state index contributed by atoms with van der Waals surface area (Å²) in [7, 11) is 0. The van der Waals surface area contributed by atoms with Crippen molar-refractivity contribution in [2.75, 3.05) is 19.6 Å². The summed E-state index contributed by atoms with van der Waals surface area (Å²) in [6.45, 7) is 2.97. The van der Waals surface area contributed by atoms with E-state index in [1.54, 1.807) is 11.0 Å². The smallest absolute Gasteiger partial charge is 0.230 e. The predicted octanol–water partition coefficient (Wildman–Crippen LogP) is 2.23. The van der Waals surface area contributed by atoms with Gasteiger partial charge in [-0.2, -0.15) is 5.10 Å². The van der Waals surface area contributed by atoms with Gasteiger partial charge in [-0.05, 0) is 38.5 Å². The van der Waals surface area contributed by atoms with Gasteiger partial charge in [0.2, 0.25) is 11.8 Å². The topological polar surface area (TPSA) is 71.3 Å². The third-order valence-corrected chi connectivity index (χ3v) is 6.74. The lowest BCUT2D eigenvalue weighted by atomic mass is 9.77. The number of amides is 2. The van der Waals surface area contributed by atoms with Gasteiger partial charge in [0.15, 0.2) is 0 Å². The molecule has 0 bridgehead atoms. The first-order valence-corrected chi connectivity index (χ1v) is 10.6. The fraction of sp³-hybridized carbons (Fsp3) is 0.800. The Morgan fingerprint density at radius 3 is 2.78 bits per heavy atom. The van der Waals surface area contributed by atoms with Gasteiger partial charge in [0.25, 0.3) is 0 Å². The van der Waals surface area contributed by atoms with E-state index in [0.717, 1.165) is 51.6 Å². The van der Waals surface area contributed by atoms with Crippen LogP contribution in [0.15, 0.2) is 12.7 Å². The molecule has 1 aliphatic carbocycles. The van der Waals surface area contributed by atoms with E-state index < -0.39 is 0 Å². The average Bonchev–Trinajstić information content (AvgIpc) is 3.36. The van der Waals surface area contributed by atoms with Gasteiger partial charge in [-0.25, -0.2) is 4.98 Å². The van der Waals surface area contributed by atoms with E-state index in [4.69, 9.17) is 0 Å². The van der Waals surface area contributed by atoms with E-state index in [-0.39, 0.29) is 11.3 Å². The van der Waals surface area contributed by atoms with Crippen LogP contribution < -0.4 is 0 Å². The molecule has 0 N–H and O–H groups in total. The van der Waals surface area contributed by atoms with Crippen molar-refractivity contribution in [3.63, 3.8) is 0 Å². The minimum Gasteiger partial charge on any atom is -0.342 e. The second-order valence-electron chi connectivity index (χ2n) is 8.50. The molecule has 1 atom stereocenters. The van der Waals surface area contributed by atoms with E-state index in [0.29, 0.717) is 31.5 Å². The van der Waals surface area contributed by atoms with Crippen molar-refractivity contribution in [3.8, 4) is 0 Å². The highest BCUT2D eigenvalue weighted by molar-refractivity contribution is 5.86.